The Labute approximate surface area is 88.3 Å². The number of hydrogen-bond donors (Lipinski definition) is 1. The summed E-state index contributed by atoms with van der Waals surface area (Å²) in [5.74, 6) is 0.0473. The van der Waals surface area contributed by atoms with E-state index in [9.17, 15) is 4.39 Å². The number of nitrogens with two attached hydrogens (primary N) is 1. The Morgan fingerprint density at radius 1 is 1.53 bits per heavy atom. The molecular weight excluding hydrogens is 195 g/mol. The van der Waals surface area contributed by atoms with Gasteiger partial charge in [-0.05, 0) is 11.8 Å². The Balaban J connectivity index is 2.27. The smallest absolute Gasteiger partial charge is 0.222 e. The lowest BCUT2D eigenvalue weighted by Gasteiger charge is -2.20. The van der Waals surface area contributed by atoms with Gasteiger partial charge in [-0.3, -0.25) is 0 Å². The first-order valence-corrected chi connectivity index (χ1v) is 5.01. The molecule has 0 aliphatic carbocycles. The highest BCUT2D eigenvalue weighted by Crippen LogP contribution is 2.32. The van der Waals surface area contributed by atoms with Crippen molar-refractivity contribution in [2.24, 2.45) is 5.41 Å². The maximum absolute atomic E-state index is 13.5. The van der Waals surface area contributed by atoms with Gasteiger partial charge in [0.25, 0.3) is 0 Å². The molecule has 1 saturated heterocycles. The predicted molar refractivity (Wildman–Crippen MR) is 57.0 cm³/mol. The van der Waals surface area contributed by atoms with Gasteiger partial charge in [-0.25, -0.2) is 9.37 Å². The van der Waals surface area contributed by atoms with Gasteiger partial charge in [-0.15, -0.1) is 0 Å². The van der Waals surface area contributed by atoms with Crippen LogP contribution in [-0.4, -0.2) is 23.1 Å². The van der Waals surface area contributed by atoms with Gasteiger partial charge in [-0.2, -0.15) is 4.98 Å². The van der Waals surface area contributed by atoms with E-state index in [2.05, 4.69) is 23.8 Å². The highest BCUT2D eigenvalue weighted by molar-refractivity contribution is 5.43. The molecule has 0 amide bonds. The second-order valence-electron chi connectivity index (χ2n) is 4.74. The van der Waals surface area contributed by atoms with E-state index in [4.69, 9.17) is 5.73 Å². The van der Waals surface area contributed by atoms with Gasteiger partial charge in [0.15, 0.2) is 11.6 Å². The molecule has 0 saturated carbocycles. The highest BCUT2D eigenvalue weighted by atomic mass is 19.1. The zero-order valence-electron chi connectivity index (χ0n) is 9.00. The first-order chi connectivity index (χ1) is 6.98. The number of nitrogen functional groups attached to an aromatic ring is 1. The fraction of sp³-hybridized carbons (Fsp3) is 0.600. The van der Waals surface area contributed by atoms with Crippen molar-refractivity contribution in [1.29, 1.82) is 0 Å². The summed E-state index contributed by atoms with van der Waals surface area (Å²) in [6, 6.07) is 0. The summed E-state index contributed by atoms with van der Waals surface area (Å²) in [7, 11) is 0. The lowest BCUT2D eigenvalue weighted by Crippen LogP contribution is -2.25. The maximum Gasteiger partial charge on any atom is 0.222 e. The maximum atomic E-state index is 13.5. The van der Waals surface area contributed by atoms with E-state index in [0.29, 0.717) is 5.82 Å². The van der Waals surface area contributed by atoms with Crippen LogP contribution in [0.4, 0.5) is 16.2 Å². The van der Waals surface area contributed by atoms with Gasteiger partial charge in [0, 0.05) is 13.1 Å². The summed E-state index contributed by atoms with van der Waals surface area (Å²) in [5, 5.41) is 0. The topological polar surface area (TPSA) is 55.0 Å². The van der Waals surface area contributed by atoms with E-state index < -0.39 is 5.82 Å². The number of hydrogen-bond acceptors (Lipinski definition) is 4. The first-order valence-electron chi connectivity index (χ1n) is 5.01. The molecule has 1 fully saturated rings. The summed E-state index contributed by atoms with van der Waals surface area (Å²) in [4.78, 5) is 9.47. The Morgan fingerprint density at radius 2 is 2.27 bits per heavy atom. The zero-order valence-corrected chi connectivity index (χ0v) is 9.00. The summed E-state index contributed by atoms with van der Waals surface area (Å²) in [5.41, 5.74) is 5.66. The summed E-state index contributed by atoms with van der Waals surface area (Å²) >= 11 is 0. The van der Waals surface area contributed by atoms with Crippen LogP contribution in [0.25, 0.3) is 0 Å². The fourth-order valence-electron chi connectivity index (χ4n) is 1.89. The fourth-order valence-corrected chi connectivity index (χ4v) is 1.89. The van der Waals surface area contributed by atoms with Gasteiger partial charge in [0.05, 0.1) is 6.20 Å². The molecule has 1 aliphatic heterocycles. The van der Waals surface area contributed by atoms with E-state index in [0.717, 1.165) is 25.7 Å². The van der Waals surface area contributed by atoms with Crippen LogP contribution in [0.1, 0.15) is 20.3 Å². The molecule has 0 bridgehead atoms. The average Bonchev–Trinajstić information content (AvgIpc) is 2.50. The molecule has 82 valence electrons. The average molecular weight is 210 g/mol. The third-order valence-electron chi connectivity index (χ3n) is 2.72. The Bertz CT molecular complexity index is 378. The van der Waals surface area contributed by atoms with Crippen molar-refractivity contribution < 1.29 is 4.39 Å². The minimum Gasteiger partial charge on any atom is -0.368 e. The second-order valence-corrected chi connectivity index (χ2v) is 4.74. The van der Waals surface area contributed by atoms with Gasteiger partial charge in [-0.1, -0.05) is 13.8 Å². The van der Waals surface area contributed by atoms with E-state index in [1.54, 1.807) is 0 Å². The number of halogens is 1. The molecule has 1 aromatic rings. The van der Waals surface area contributed by atoms with E-state index in [1.807, 2.05) is 4.90 Å². The Morgan fingerprint density at radius 3 is 2.87 bits per heavy atom. The van der Waals surface area contributed by atoms with Crippen molar-refractivity contribution in [2.75, 3.05) is 23.7 Å². The normalized spacial score (nSPS) is 19.5. The molecule has 0 radical (unpaired) electrons. The standard InChI is InChI=1S/C10H15FN4/c1-10(2)3-4-15(6-10)8-7(11)5-13-9(12)14-8/h5H,3-4,6H2,1-2H3,(H2,12,13,14). The molecule has 2 rings (SSSR count). The molecule has 0 spiro atoms. The van der Waals surface area contributed by atoms with Crippen molar-refractivity contribution >= 4 is 11.8 Å². The molecule has 5 heteroatoms. The third kappa shape index (κ3) is 2.00. The molecular formula is C10H15FN4. The first kappa shape index (κ1) is 10.1. The van der Waals surface area contributed by atoms with Gasteiger partial charge in [0.1, 0.15) is 0 Å². The van der Waals surface area contributed by atoms with Crippen molar-refractivity contribution in [3.8, 4) is 0 Å². The largest absolute Gasteiger partial charge is 0.368 e. The predicted octanol–water partition coefficient (Wildman–Crippen LogP) is 1.43. The number of rotatable bonds is 1. The molecule has 0 aromatic carbocycles. The van der Waals surface area contributed by atoms with Crippen LogP contribution in [0.3, 0.4) is 0 Å². The summed E-state index contributed by atoms with van der Waals surface area (Å²) < 4.78 is 13.5. The second kappa shape index (κ2) is 3.32. The third-order valence-corrected chi connectivity index (χ3v) is 2.72. The van der Waals surface area contributed by atoms with Crippen LogP contribution in [0.5, 0.6) is 0 Å². The minimum atomic E-state index is -0.401. The van der Waals surface area contributed by atoms with Crippen LogP contribution >= 0.6 is 0 Å². The van der Waals surface area contributed by atoms with Crippen molar-refractivity contribution in [3.05, 3.63) is 12.0 Å². The van der Waals surface area contributed by atoms with Crippen molar-refractivity contribution in [3.63, 3.8) is 0 Å². The van der Waals surface area contributed by atoms with Crippen molar-refractivity contribution in [1.82, 2.24) is 9.97 Å². The SMILES string of the molecule is CC1(C)CCN(c2nc(N)ncc2F)C1. The van der Waals surface area contributed by atoms with Crippen LogP contribution in [0, 0.1) is 11.2 Å². The Hall–Kier alpha value is -1.39. The molecule has 2 heterocycles. The summed E-state index contributed by atoms with van der Waals surface area (Å²) in [6.45, 7) is 5.95. The molecule has 4 nitrogen and oxygen atoms in total. The lowest BCUT2D eigenvalue weighted by atomic mass is 9.93. The van der Waals surface area contributed by atoms with Crippen molar-refractivity contribution in [2.45, 2.75) is 20.3 Å². The monoisotopic (exact) mass is 210 g/mol. The van der Waals surface area contributed by atoms with E-state index in [-0.39, 0.29) is 11.4 Å². The van der Waals surface area contributed by atoms with Crippen LogP contribution in [-0.2, 0) is 0 Å². The number of aromatic nitrogens is 2. The van der Waals surface area contributed by atoms with E-state index >= 15 is 0 Å². The van der Waals surface area contributed by atoms with Crippen LogP contribution in [0.2, 0.25) is 0 Å². The molecule has 1 aliphatic rings. The molecule has 15 heavy (non-hydrogen) atoms. The Kier molecular flexibility index (Phi) is 2.25. The zero-order chi connectivity index (χ0) is 11.1. The molecule has 1 aromatic heterocycles. The minimum absolute atomic E-state index is 0.121. The highest BCUT2D eigenvalue weighted by Gasteiger charge is 2.31. The molecule has 2 N–H and O–H groups in total. The number of anilines is 2. The lowest BCUT2D eigenvalue weighted by molar-refractivity contribution is 0.418. The van der Waals surface area contributed by atoms with E-state index in [1.165, 1.54) is 0 Å². The molecule has 0 atom stereocenters. The molecule has 0 unspecified atom stereocenters. The van der Waals surface area contributed by atoms with Gasteiger partial charge >= 0.3 is 0 Å². The summed E-state index contributed by atoms with van der Waals surface area (Å²) in [6.07, 6.45) is 2.17. The van der Waals surface area contributed by atoms with Crippen LogP contribution < -0.4 is 10.6 Å². The van der Waals surface area contributed by atoms with Gasteiger partial charge < -0.3 is 10.6 Å². The quantitative estimate of drug-likeness (QED) is 0.762. The van der Waals surface area contributed by atoms with Gasteiger partial charge in [0.2, 0.25) is 5.95 Å². The number of nitrogens with zero attached hydrogens (tertiary/aromatic N) is 3. The van der Waals surface area contributed by atoms with Crippen LogP contribution in [0.15, 0.2) is 6.20 Å².